The molecule has 0 spiro atoms. The number of rotatable bonds is 5. The second-order valence-electron chi connectivity index (χ2n) is 3.52. The molecular weight excluding hydrogens is 280 g/mol. The molecular formula is C10H13ClN2O4S. The zero-order valence-electron chi connectivity index (χ0n) is 9.88. The minimum atomic E-state index is -3.79. The van der Waals surface area contributed by atoms with Gasteiger partial charge in [-0.3, -0.25) is 4.79 Å². The first-order chi connectivity index (χ1) is 8.28. The van der Waals surface area contributed by atoms with Crippen LogP contribution in [0.25, 0.3) is 0 Å². The molecule has 0 heterocycles. The van der Waals surface area contributed by atoms with Crippen LogP contribution >= 0.6 is 11.6 Å². The van der Waals surface area contributed by atoms with Crippen molar-refractivity contribution in [3.63, 3.8) is 0 Å². The standard InChI is InChI=1S/C10H13ClN2O4S/c1-13(6-10(12)14)18(15,16)7-3-4-9(17-2)8(11)5-7/h3-5H,6H2,1-2H3,(H2,12,14). The summed E-state index contributed by atoms with van der Waals surface area (Å²) in [6.07, 6.45) is 0. The van der Waals surface area contributed by atoms with Gasteiger partial charge in [-0.1, -0.05) is 11.6 Å². The minimum absolute atomic E-state index is 0.0305. The molecule has 2 N–H and O–H groups in total. The van der Waals surface area contributed by atoms with Crippen LogP contribution in [0.4, 0.5) is 0 Å². The fourth-order valence-electron chi connectivity index (χ4n) is 1.29. The van der Waals surface area contributed by atoms with E-state index < -0.39 is 22.5 Å². The second-order valence-corrected chi connectivity index (χ2v) is 5.98. The number of nitrogens with zero attached hydrogens (tertiary/aromatic N) is 1. The number of nitrogens with two attached hydrogens (primary N) is 1. The Morgan fingerprint density at radius 2 is 2.11 bits per heavy atom. The third-order valence-corrected chi connectivity index (χ3v) is 4.30. The van der Waals surface area contributed by atoms with Crippen molar-refractivity contribution in [1.82, 2.24) is 4.31 Å². The number of sulfonamides is 1. The molecule has 0 fully saturated rings. The molecule has 6 nitrogen and oxygen atoms in total. The topological polar surface area (TPSA) is 89.7 Å². The van der Waals surface area contributed by atoms with Crippen LogP contribution in [0, 0.1) is 0 Å². The molecule has 0 aromatic heterocycles. The summed E-state index contributed by atoms with van der Waals surface area (Å²) in [7, 11) is -1.10. The van der Waals surface area contributed by atoms with Gasteiger partial charge >= 0.3 is 0 Å². The highest BCUT2D eigenvalue weighted by molar-refractivity contribution is 7.89. The summed E-state index contributed by atoms with van der Waals surface area (Å²) in [6, 6.07) is 4.04. The van der Waals surface area contributed by atoms with Gasteiger partial charge < -0.3 is 10.5 Å². The first-order valence-electron chi connectivity index (χ1n) is 4.87. The lowest BCUT2D eigenvalue weighted by molar-refractivity contribution is -0.118. The van der Waals surface area contributed by atoms with Gasteiger partial charge in [-0.05, 0) is 18.2 Å². The van der Waals surface area contributed by atoms with Gasteiger partial charge in [0, 0.05) is 7.05 Å². The Balaban J connectivity index is 3.13. The number of amides is 1. The normalized spacial score (nSPS) is 11.6. The number of carbonyl (C=O) groups excluding carboxylic acids is 1. The van der Waals surface area contributed by atoms with Crippen LogP contribution in [0.1, 0.15) is 0 Å². The molecule has 0 unspecified atom stereocenters. The van der Waals surface area contributed by atoms with E-state index in [9.17, 15) is 13.2 Å². The van der Waals surface area contributed by atoms with Crippen LogP contribution in [0.15, 0.2) is 23.1 Å². The number of benzene rings is 1. The number of hydrogen-bond acceptors (Lipinski definition) is 4. The van der Waals surface area contributed by atoms with E-state index in [0.717, 1.165) is 4.31 Å². The number of carbonyl (C=O) groups is 1. The summed E-state index contributed by atoms with van der Waals surface area (Å²) in [5.41, 5.74) is 4.95. The Kier molecular flexibility index (Phi) is 4.55. The number of methoxy groups -OCH3 is 1. The van der Waals surface area contributed by atoms with Crippen molar-refractivity contribution in [3.05, 3.63) is 23.2 Å². The zero-order valence-corrected chi connectivity index (χ0v) is 11.5. The van der Waals surface area contributed by atoms with E-state index in [1.54, 1.807) is 0 Å². The molecule has 0 bridgehead atoms. The Bertz CT molecular complexity index is 559. The minimum Gasteiger partial charge on any atom is -0.495 e. The van der Waals surface area contributed by atoms with E-state index >= 15 is 0 Å². The van der Waals surface area contributed by atoms with Crippen molar-refractivity contribution < 1.29 is 17.9 Å². The van der Waals surface area contributed by atoms with Gasteiger partial charge in [0.15, 0.2) is 0 Å². The highest BCUT2D eigenvalue weighted by Gasteiger charge is 2.23. The van der Waals surface area contributed by atoms with Crippen molar-refractivity contribution in [2.45, 2.75) is 4.90 Å². The Morgan fingerprint density at radius 3 is 2.56 bits per heavy atom. The van der Waals surface area contributed by atoms with Gasteiger partial charge in [0.25, 0.3) is 0 Å². The lowest BCUT2D eigenvalue weighted by Gasteiger charge is -2.15. The summed E-state index contributed by atoms with van der Waals surface area (Å²) in [5.74, 6) is -0.367. The van der Waals surface area contributed by atoms with Gasteiger partial charge in [-0.25, -0.2) is 8.42 Å². The molecule has 0 saturated heterocycles. The second kappa shape index (κ2) is 5.55. The van der Waals surface area contributed by atoms with Crippen LogP contribution in [0.5, 0.6) is 5.75 Å². The van der Waals surface area contributed by atoms with E-state index in [-0.39, 0.29) is 9.92 Å². The number of hydrogen-bond donors (Lipinski definition) is 1. The first kappa shape index (κ1) is 14.7. The van der Waals surface area contributed by atoms with Gasteiger partial charge in [-0.2, -0.15) is 4.31 Å². The first-order valence-corrected chi connectivity index (χ1v) is 6.69. The molecule has 0 saturated carbocycles. The van der Waals surface area contributed by atoms with Crippen molar-refractivity contribution in [1.29, 1.82) is 0 Å². The molecule has 100 valence electrons. The smallest absolute Gasteiger partial charge is 0.243 e. The van der Waals surface area contributed by atoms with Gasteiger partial charge in [0.2, 0.25) is 15.9 Å². The van der Waals surface area contributed by atoms with Gasteiger partial charge in [-0.15, -0.1) is 0 Å². The van der Waals surface area contributed by atoms with E-state index in [1.807, 2.05) is 0 Å². The molecule has 0 aliphatic heterocycles. The van der Waals surface area contributed by atoms with Crippen LogP contribution in [0.2, 0.25) is 5.02 Å². The van der Waals surface area contributed by atoms with Gasteiger partial charge in [0.05, 0.1) is 23.6 Å². The maximum absolute atomic E-state index is 12.0. The average molecular weight is 293 g/mol. The summed E-state index contributed by atoms with van der Waals surface area (Å²) in [5, 5.41) is 0.172. The summed E-state index contributed by atoms with van der Waals surface area (Å²) >= 11 is 5.85. The molecule has 0 radical (unpaired) electrons. The molecule has 1 aromatic rings. The summed E-state index contributed by atoms with van der Waals surface area (Å²) in [6.45, 7) is -0.397. The molecule has 1 amide bonds. The predicted octanol–water partition coefficient (Wildman–Crippen LogP) is 0.454. The summed E-state index contributed by atoms with van der Waals surface area (Å²) in [4.78, 5) is 10.7. The van der Waals surface area contributed by atoms with Crippen LogP contribution in [-0.2, 0) is 14.8 Å². The quantitative estimate of drug-likeness (QED) is 0.853. The molecule has 18 heavy (non-hydrogen) atoms. The van der Waals surface area contributed by atoms with E-state index in [4.69, 9.17) is 22.1 Å². The van der Waals surface area contributed by atoms with Crippen molar-refractivity contribution in [2.75, 3.05) is 20.7 Å². The van der Waals surface area contributed by atoms with Crippen molar-refractivity contribution >= 4 is 27.5 Å². The average Bonchev–Trinajstić information content (AvgIpc) is 2.27. The number of ether oxygens (including phenoxy) is 1. The maximum atomic E-state index is 12.0. The van der Waals surface area contributed by atoms with E-state index in [2.05, 4.69) is 0 Å². The van der Waals surface area contributed by atoms with Crippen LogP contribution < -0.4 is 10.5 Å². The number of primary amides is 1. The Hall–Kier alpha value is -1.31. The lowest BCUT2D eigenvalue weighted by Crippen LogP contribution is -2.35. The van der Waals surface area contributed by atoms with Crippen LogP contribution in [-0.4, -0.2) is 39.3 Å². The molecule has 0 atom stereocenters. The fraction of sp³-hybridized carbons (Fsp3) is 0.300. The Morgan fingerprint density at radius 1 is 1.50 bits per heavy atom. The molecule has 1 aromatic carbocycles. The fourth-order valence-corrected chi connectivity index (χ4v) is 2.78. The molecule has 8 heteroatoms. The highest BCUT2D eigenvalue weighted by atomic mass is 35.5. The molecule has 1 rings (SSSR count). The SMILES string of the molecule is COc1ccc(S(=O)(=O)N(C)CC(N)=O)cc1Cl. The highest BCUT2D eigenvalue weighted by Crippen LogP contribution is 2.27. The van der Waals surface area contributed by atoms with Crippen LogP contribution in [0.3, 0.4) is 0 Å². The Labute approximate surface area is 110 Å². The van der Waals surface area contributed by atoms with E-state index in [0.29, 0.717) is 5.75 Å². The predicted molar refractivity (Wildman–Crippen MR) is 67.0 cm³/mol. The molecule has 0 aliphatic rings. The monoisotopic (exact) mass is 292 g/mol. The van der Waals surface area contributed by atoms with Gasteiger partial charge in [0.1, 0.15) is 5.75 Å². The number of halogens is 1. The lowest BCUT2D eigenvalue weighted by atomic mass is 10.3. The third kappa shape index (κ3) is 3.12. The third-order valence-electron chi connectivity index (χ3n) is 2.21. The summed E-state index contributed by atoms with van der Waals surface area (Å²) < 4.78 is 29.9. The van der Waals surface area contributed by atoms with Crippen molar-refractivity contribution in [3.8, 4) is 5.75 Å². The molecule has 0 aliphatic carbocycles. The van der Waals surface area contributed by atoms with Crippen molar-refractivity contribution in [2.24, 2.45) is 5.73 Å². The largest absolute Gasteiger partial charge is 0.495 e. The number of likely N-dealkylation sites (N-methyl/N-ethyl adjacent to an activating group) is 1. The van der Waals surface area contributed by atoms with E-state index in [1.165, 1.54) is 32.4 Å². The zero-order chi connectivity index (χ0) is 13.9. The maximum Gasteiger partial charge on any atom is 0.243 e.